The normalized spacial score (nSPS) is 18.5. The van der Waals surface area contributed by atoms with Crippen LogP contribution in [0.5, 0.6) is 0 Å². The van der Waals surface area contributed by atoms with Gasteiger partial charge >= 0.3 is 0 Å². The zero-order chi connectivity index (χ0) is 9.28. The van der Waals surface area contributed by atoms with Crippen LogP contribution in [0.4, 0.5) is 8.78 Å². The molecule has 0 bridgehead atoms. The fourth-order valence-corrected chi connectivity index (χ4v) is 0.469. The molecular formula is C7H14F2O2. The van der Waals surface area contributed by atoms with Crippen LogP contribution in [-0.4, -0.2) is 29.8 Å². The van der Waals surface area contributed by atoms with E-state index in [1.54, 1.807) is 0 Å². The van der Waals surface area contributed by atoms with Crippen LogP contribution >= 0.6 is 0 Å². The molecule has 2 nitrogen and oxygen atoms in total. The van der Waals surface area contributed by atoms with Gasteiger partial charge in [0.25, 0.3) is 6.43 Å². The Morgan fingerprint density at radius 1 is 1.27 bits per heavy atom. The molecule has 0 radical (unpaired) electrons. The van der Waals surface area contributed by atoms with E-state index < -0.39 is 17.6 Å². The van der Waals surface area contributed by atoms with Gasteiger partial charge in [-0.1, -0.05) is 0 Å². The summed E-state index contributed by atoms with van der Waals surface area (Å²) in [5.41, 5.74) is -3.34. The quantitative estimate of drug-likeness (QED) is 0.690. The van der Waals surface area contributed by atoms with Gasteiger partial charge in [0.15, 0.2) is 5.60 Å². The van der Waals surface area contributed by atoms with Crippen molar-refractivity contribution in [2.45, 2.75) is 38.4 Å². The SMILES string of the molecule is COC(C)(C)C(C)(O)C(F)F. The topological polar surface area (TPSA) is 29.5 Å². The fourth-order valence-electron chi connectivity index (χ4n) is 0.469. The Morgan fingerprint density at radius 3 is 1.73 bits per heavy atom. The molecule has 0 aromatic rings. The first-order valence-corrected chi connectivity index (χ1v) is 3.31. The van der Waals surface area contributed by atoms with Crippen LogP contribution in [0.1, 0.15) is 20.8 Å². The molecule has 0 aromatic carbocycles. The Bertz CT molecular complexity index is 132. The molecule has 1 unspecified atom stereocenters. The van der Waals surface area contributed by atoms with E-state index in [1.165, 1.54) is 21.0 Å². The Hall–Kier alpha value is -0.220. The monoisotopic (exact) mass is 168 g/mol. The second-order valence-corrected chi connectivity index (χ2v) is 3.16. The van der Waals surface area contributed by atoms with Crippen LogP contribution in [0, 0.1) is 0 Å². The molecule has 0 aliphatic carbocycles. The van der Waals surface area contributed by atoms with Crippen molar-refractivity contribution in [3.8, 4) is 0 Å². The van der Waals surface area contributed by atoms with Crippen molar-refractivity contribution in [1.82, 2.24) is 0 Å². The molecule has 0 rings (SSSR count). The van der Waals surface area contributed by atoms with Crippen molar-refractivity contribution in [3.63, 3.8) is 0 Å². The van der Waals surface area contributed by atoms with E-state index in [4.69, 9.17) is 4.74 Å². The van der Waals surface area contributed by atoms with Crippen molar-refractivity contribution in [3.05, 3.63) is 0 Å². The van der Waals surface area contributed by atoms with Crippen LogP contribution in [-0.2, 0) is 4.74 Å². The molecule has 4 heteroatoms. The van der Waals surface area contributed by atoms with E-state index >= 15 is 0 Å². The van der Waals surface area contributed by atoms with Crippen LogP contribution in [0.3, 0.4) is 0 Å². The molecule has 1 atom stereocenters. The van der Waals surface area contributed by atoms with E-state index in [1.807, 2.05) is 0 Å². The molecule has 0 aliphatic rings. The second-order valence-electron chi connectivity index (χ2n) is 3.16. The zero-order valence-electron chi connectivity index (χ0n) is 7.19. The molecule has 0 aromatic heterocycles. The van der Waals surface area contributed by atoms with Gasteiger partial charge in [0, 0.05) is 7.11 Å². The maximum atomic E-state index is 12.2. The highest BCUT2D eigenvalue weighted by Gasteiger charge is 2.47. The highest BCUT2D eigenvalue weighted by Crippen LogP contribution is 2.30. The smallest absolute Gasteiger partial charge is 0.269 e. The number of ether oxygens (including phenoxy) is 1. The molecule has 0 saturated heterocycles. The van der Waals surface area contributed by atoms with Gasteiger partial charge in [-0.2, -0.15) is 0 Å². The predicted molar refractivity (Wildman–Crippen MR) is 37.7 cm³/mol. The fraction of sp³-hybridized carbons (Fsp3) is 1.00. The predicted octanol–water partition coefficient (Wildman–Crippen LogP) is 1.43. The lowest BCUT2D eigenvalue weighted by Crippen LogP contribution is -2.54. The van der Waals surface area contributed by atoms with Crippen molar-refractivity contribution >= 4 is 0 Å². The second kappa shape index (κ2) is 3.03. The van der Waals surface area contributed by atoms with E-state index in [0.29, 0.717) is 0 Å². The number of alkyl halides is 2. The summed E-state index contributed by atoms with van der Waals surface area (Å²) in [5, 5.41) is 9.24. The minimum absolute atomic E-state index is 1.06. The number of rotatable bonds is 3. The number of methoxy groups -OCH3 is 1. The van der Waals surface area contributed by atoms with Crippen molar-refractivity contribution in [1.29, 1.82) is 0 Å². The van der Waals surface area contributed by atoms with E-state index in [-0.39, 0.29) is 0 Å². The molecule has 0 aliphatic heterocycles. The Labute approximate surface area is 65.2 Å². The van der Waals surface area contributed by atoms with Crippen molar-refractivity contribution in [2.75, 3.05) is 7.11 Å². The summed E-state index contributed by atoms with van der Waals surface area (Å²) >= 11 is 0. The molecule has 1 N–H and O–H groups in total. The lowest BCUT2D eigenvalue weighted by Gasteiger charge is -2.37. The van der Waals surface area contributed by atoms with E-state index in [0.717, 1.165) is 6.92 Å². The van der Waals surface area contributed by atoms with Crippen LogP contribution in [0.2, 0.25) is 0 Å². The number of halogens is 2. The standard InChI is InChI=1S/C7H14F2O2/c1-6(2,11-4)7(3,10)5(8)9/h5,10H,1-4H3. The summed E-state index contributed by atoms with van der Waals surface area (Å²) in [5.74, 6) is 0. The van der Waals surface area contributed by atoms with Crippen molar-refractivity contribution in [2.24, 2.45) is 0 Å². The minimum Gasteiger partial charge on any atom is -0.381 e. The van der Waals surface area contributed by atoms with Gasteiger partial charge in [0.1, 0.15) is 0 Å². The summed E-state index contributed by atoms with van der Waals surface area (Å²) in [6.45, 7) is 3.89. The Balaban J connectivity index is 4.53. The van der Waals surface area contributed by atoms with Gasteiger partial charge in [0.2, 0.25) is 0 Å². The molecule has 0 heterocycles. The summed E-state index contributed by atoms with van der Waals surface area (Å²) < 4.78 is 29.1. The zero-order valence-corrected chi connectivity index (χ0v) is 7.19. The minimum atomic E-state index is -2.81. The van der Waals surface area contributed by atoms with Gasteiger partial charge in [-0.3, -0.25) is 0 Å². The molecule has 0 amide bonds. The van der Waals surface area contributed by atoms with Crippen LogP contribution in [0.25, 0.3) is 0 Å². The third-order valence-electron chi connectivity index (χ3n) is 2.15. The highest BCUT2D eigenvalue weighted by molar-refractivity contribution is 4.93. The lowest BCUT2D eigenvalue weighted by molar-refractivity contribution is -0.201. The molecule has 0 spiro atoms. The Kier molecular flexibility index (Phi) is 2.97. The Morgan fingerprint density at radius 2 is 1.64 bits per heavy atom. The molecule has 0 fully saturated rings. The van der Waals surface area contributed by atoms with Gasteiger partial charge in [-0.05, 0) is 20.8 Å². The van der Waals surface area contributed by atoms with Gasteiger partial charge in [-0.15, -0.1) is 0 Å². The number of hydrogen-bond donors (Lipinski definition) is 1. The van der Waals surface area contributed by atoms with Gasteiger partial charge in [0.05, 0.1) is 5.60 Å². The maximum Gasteiger partial charge on any atom is 0.269 e. The largest absolute Gasteiger partial charge is 0.381 e. The first-order valence-electron chi connectivity index (χ1n) is 3.31. The number of hydrogen-bond acceptors (Lipinski definition) is 2. The van der Waals surface area contributed by atoms with Gasteiger partial charge < -0.3 is 9.84 Å². The number of aliphatic hydroxyl groups is 1. The maximum absolute atomic E-state index is 12.2. The summed E-state index contributed by atoms with van der Waals surface area (Å²) in [7, 11) is 1.29. The summed E-state index contributed by atoms with van der Waals surface area (Å²) in [6, 6.07) is 0. The van der Waals surface area contributed by atoms with Gasteiger partial charge in [-0.25, -0.2) is 8.78 Å². The van der Waals surface area contributed by atoms with E-state index in [9.17, 15) is 13.9 Å². The third-order valence-corrected chi connectivity index (χ3v) is 2.15. The van der Waals surface area contributed by atoms with E-state index in [2.05, 4.69) is 0 Å². The van der Waals surface area contributed by atoms with Crippen LogP contribution < -0.4 is 0 Å². The first-order chi connectivity index (χ1) is 4.75. The van der Waals surface area contributed by atoms with Crippen molar-refractivity contribution < 1.29 is 18.6 Å². The third kappa shape index (κ3) is 1.87. The van der Waals surface area contributed by atoms with Crippen LogP contribution in [0.15, 0.2) is 0 Å². The molecule has 11 heavy (non-hydrogen) atoms. The first kappa shape index (κ1) is 10.8. The molecule has 0 saturated carbocycles. The summed E-state index contributed by atoms with van der Waals surface area (Å²) in [6.07, 6.45) is -2.81. The molecule has 68 valence electrons. The highest BCUT2D eigenvalue weighted by atomic mass is 19.3. The molecular weight excluding hydrogens is 154 g/mol. The lowest BCUT2D eigenvalue weighted by atomic mass is 9.88. The average molecular weight is 168 g/mol. The summed E-state index contributed by atoms with van der Waals surface area (Å²) in [4.78, 5) is 0. The average Bonchev–Trinajstić information content (AvgIpc) is 1.87.